The number of nitrogens with zero attached hydrogens (tertiary/aromatic N) is 2. The SMILES string of the molecule is CCN(CC(C)C)c1nc(C2CC2)c(CNC(C)C)s1. The molecule has 0 radical (unpaired) electrons. The molecule has 1 aromatic rings. The predicted molar refractivity (Wildman–Crippen MR) is 88.8 cm³/mol. The van der Waals surface area contributed by atoms with Gasteiger partial charge in [-0.05, 0) is 25.7 Å². The van der Waals surface area contributed by atoms with Gasteiger partial charge in [-0.2, -0.15) is 0 Å². The molecule has 2 rings (SSSR count). The van der Waals surface area contributed by atoms with Crippen molar-refractivity contribution in [2.75, 3.05) is 18.0 Å². The van der Waals surface area contributed by atoms with Crippen molar-refractivity contribution in [2.45, 2.75) is 66.0 Å². The topological polar surface area (TPSA) is 28.2 Å². The van der Waals surface area contributed by atoms with Crippen LogP contribution < -0.4 is 10.2 Å². The molecule has 0 spiro atoms. The summed E-state index contributed by atoms with van der Waals surface area (Å²) >= 11 is 1.90. The quantitative estimate of drug-likeness (QED) is 0.785. The Kier molecular flexibility index (Phi) is 5.44. The van der Waals surface area contributed by atoms with Crippen LogP contribution in [0.4, 0.5) is 5.13 Å². The summed E-state index contributed by atoms with van der Waals surface area (Å²) in [6.45, 7) is 14.3. The zero-order valence-electron chi connectivity index (χ0n) is 13.6. The lowest BCUT2D eigenvalue weighted by molar-refractivity contribution is 0.590. The number of anilines is 1. The second-order valence-corrected chi connectivity index (χ2v) is 7.61. The van der Waals surface area contributed by atoms with Crippen LogP contribution in [-0.2, 0) is 6.54 Å². The number of nitrogens with one attached hydrogen (secondary N) is 1. The zero-order chi connectivity index (χ0) is 14.7. The molecular formula is C16H29N3S. The maximum absolute atomic E-state index is 4.98. The number of rotatable bonds is 8. The van der Waals surface area contributed by atoms with Crippen molar-refractivity contribution in [1.82, 2.24) is 10.3 Å². The van der Waals surface area contributed by atoms with Gasteiger partial charge in [0.25, 0.3) is 0 Å². The molecule has 1 aliphatic rings. The molecule has 0 aromatic carbocycles. The lowest BCUT2D eigenvalue weighted by Gasteiger charge is -2.21. The van der Waals surface area contributed by atoms with Gasteiger partial charge >= 0.3 is 0 Å². The maximum atomic E-state index is 4.98. The average molecular weight is 295 g/mol. The van der Waals surface area contributed by atoms with Crippen LogP contribution in [0.3, 0.4) is 0 Å². The van der Waals surface area contributed by atoms with Crippen LogP contribution in [-0.4, -0.2) is 24.1 Å². The second-order valence-electron chi connectivity index (χ2n) is 6.55. The second kappa shape index (κ2) is 6.90. The molecule has 20 heavy (non-hydrogen) atoms. The molecule has 114 valence electrons. The molecule has 1 N–H and O–H groups in total. The Balaban J connectivity index is 2.14. The molecule has 1 fully saturated rings. The van der Waals surface area contributed by atoms with E-state index in [1.807, 2.05) is 11.3 Å². The zero-order valence-corrected chi connectivity index (χ0v) is 14.4. The molecule has 1 saturated carbocycles. The molecule has 1 heterocycles. The van der Waals surface area contributed by atoms with E-state index in [9.17, 15) is 0 Å². The van der Waals surface area contributed by atoms with Crippen LogP contribution in [0.2, 0.25) is 0 Å². The van der Waals surface area contributed by atoms with Gasteiger partial charge in [0.05, 0.1) is 5.69 Å². The molecule has 0 bridgehead atoms. The molecule has 0 amide bonds. The summed E-state index contributed by atoms with van der Waals surface area (Å²) in [4.78, 5) is 8.87. The molecule has 0 aliphatic heterocycles. The van der Waals surface area contributed by atoms with Gasteiger partial charge in [0.1, 0.15) is 0 Å². The van der Waals surface area contributed by atoms with Crippen molar-refractivity contribution >= 4 is 16.5 Å². The standard InChI is InChI=1S/C16H29N3S/c1-6-19(10-11(2)3)16-18-15(13-7-8-13)14(20-16)9-17-12(4)5/h11-13,17H,6-10H2,1-5H3. The van der Waals surface area contributed by atoms with Crippen molar-refractivity contribution < 1.29 is 0 Å². The Morgan fingerprint density at radius 3 is 2.50 bits per heavy atom. The Morgan fingerprint density at radius 1 is 1.30 bits per heavy atom. The fourth-order valence-corrected chi connectivity index (χ4v) is 3.54. The van der Waals surface area contributed by atoms with E-state index in [-0.39, 0.29) is 0 Å². The number of hydrogen-bond acceptors (Lipinski definition) is 4. The summed E-state index contributed by atoms with van der Waals surface area (Å²) in [7, 11) is 0. The molecular weight excluding hydrogens is 266 g/mol. The monoisotopic (exact) mass is 295 g/mol. The Labute approximate surface area is 127 Å². The molecule has 1 aromatic heterocycles. The summed E-state index contributed by atoms with van der Waals surface area (Å²) in [6, 6.07) is 0.533. The summed E-state index contributed by atoms with van der Waals surface area (Å²) in [5.41, 5.74) is 1.38. The first-order valence-corrected chi connectivity index (χ1v) is 8.80. The highest BCUT2D eigenvalue weighted by atomic mass is 32.1. The first-order valence-electron chi connectivity index (χ1n) is 7.99. The van der Waals surface area contributed by atoms with Gasteiger partial charge in [0.15, 0.2) is 5.13 Å². The van der Waals surface area contributed by atoms with E-state index < -0.39 is 0 Å². The number of thiazole rings is 1. The minimum atomic E-state index is 0.533. The minimum Gasteiger partial charge on any atom is -0.348 e. The number of hydrogen-bond donors (Lipinski definition) is 1. The van der Waals surface area contributed by atoms with Gasteiger partial charge in [0.2, 0.25) is 0 Å². The molecule has 3 nitrogen and oxygen atoms in total. The average Bonchev–Trinajstić information content (AvgIpc) is 3.14. The minimum absolute atomic E-state index is 0.533. The van der Waals surface area contributed by atoms with E-state index in [0.29, 0.717) is 12.0 Å². The van der Waals surface area contributed by atoms with Gasteiger partial charge < -0.3 is 10.2 Å². The normalized spacial score (nSPS) is 15.3. The maximum Gasteiger partial charge on any atom is 0.185 e. The van der Waals surface area contributed by atoms with Gasteiger partial charge in [-0.25, -0.2) is 4.98 Å². The first kappa shape index (κ1) is 15.8. The number of aromatic nitrogens is 1. The Hall–Kier alpha value is -0.610. The summed E-state index contributed by atoms with van der Waals surface area (Å²) in [6.07, 6.45) is 2.66. The fraction of sp³-hybridized carbons (Fsp3) is 0.812. The lowest BCUT2D eigenvalue weighted by atomic mass is 10.2. The molecule has 0 atom stereocenters. The third kappa shape index (κ3) is 4.19. The van der Waals surface area contributed by atoms with E-state index in [0.717, 1.165) is 25.6 Å². The van der Waals surface area contributed by atoms with Gasteiger partial charge in [-0.3, -0.25) is 0 Å². The van der Waals surface area contributed by atoms with Crippen molar-refractivity contribution in [2.24, 2.45) is 5.92 Å². The molecule has 0 saturated heterocycles. The molecule has 0 unspecified atom stereocenters. The Bertz CT molecular complexity index is 421. The van der Waals surface area contributed by atoms with Crippen molar-refractivity contribution in [1.29, 1.82) is 0 Å². The van der Waals surface area contributed by atoms with Gasteiger partial charge in [0, 0.05) is 36.5 Å². The van der Waals surface area contributed by atoms with E-state index in [1.54, 1.807) is 0 Å². The smallest absolute Gasteiger partial charge is 0.185 e. The van der Waals surface area contributed by atoms with E-state index in [2.05, 4.69) is 44.8 Å². The Morgan fingerprint density at radius 2 is 2.00 bits per heavy atom. The van der Waals surface area contributed by atoms with Crippen molar-refractivity contribution in [3.8, 4) is 0 Å². The van der Waals surface area contributed by atoms with E-state index in [4.69, 9.17) is 4.98 Å². The van der Waals surface area contributed by atoms with E-state index in [1.165, 1.54) is 28.5 Å². The predicted octanol–water partition coefficient (Wildman–Crippen LogP) is 4.00. The third-order valence-corrected chi connectivity index (χ3v) is 4.72. The highest BCUT2D eigenvalue weighted by Crippen LogP contribution is 2.44. The largest absolute Gasteiger partial charge is 0.348 e. The van der Waals surface area contributed by atoms with Crippen LogP contribution in [0.25, 0.3) is 0 Å². The van der Waals surface area contributed by atoms with E-state index >= 15 is 0 Å². The molecule has 4 heteroatoms. The summed E-state index contributed by atoms with van der Waals surface area (Å²) < 4.78 is 0. The third-order valence-electron chi connectivity index (χ3n) is 3.59. The van der Waals surface area contributed by atoms with Crippen LogP contribution in [0, 0.1) is 5.92 Å². The van der Waals surface area contributed by atoms with Gasteiger partial charge in [-0.15, -0.1) is 11.3 Å². The van der Waals surface area contributed by atoms with Crippen LogP contribution in [0.5, 0.6) is 0 Å². The van der Waals surface area contributed by atoms with Gasteiger partial charge in [-0.1, -0.05) is 27.7 Å². The van der Waals surface area contributed by atoms with Crippen molar-refractivity contribution in [3.63, 3.8) is 0 Å². The van der Waals surface area contributed by atoms with Crippen molar-refractivity contribution in [3.05, 3.63) is 10.6 Å². The molecule has 1 aliphatic carbocycles. The van der Waals surface area contributed by atoms with Crippen LogP contribution in [0.1, 0.15) is 63.9 Å². The van der Waals surface area contributed by atoms with Crippen LogP contribution >= 0.6 is 11.3 Å². The highest BCUT2D eigenvalue weighted by molar-refractivity contribution is 7.15. The first-order chi connectivity index (χ1) is 9.51. The summed E-state index contributed by atoms with van der Waals surface area (Å²) in [5.74, 6) is 1.42. The fourth-order valence-electron chi connectivity index (χ4n) is 2.37. The summed E-state index contributed by atoms with van der Waals surface area (Å²) in [5, 5.41) is 4.77. The van der Waals surface area contributed by atoms with Crippen LogP contribution in [0.15, 0.2) is 0 Å². The lowest BCUT2D eigenvalue weighted by Crippen LogP contribution is -2.27. The highest BCUT2D eigenvalue weighted by Gasteiger charge is 2.30.